The van der Waals surface area contributed by atoms with Crippen LogP contribution < -0.4 is 0 Å². The zero-order valence-electron chi connectivity index (χ0n) is 19.5. The van der Waals surface area contributed by atoms with Gasteiger partial charge in [-0.05, 0) is 59.6 Å². The molecular formula is C30H33FN2. The van der Waals surface area contributed by atoms with Gasteiger partial charge in [0.05, 0.1) is 12.4 Å². The van der Waals surface area contributed by atoms with E-state index < -0.39 is 0 Å². The topological polar surface area (TPSA) is 24.7 Å². The van der Waals surface area contributed by atoms with Crippen molar-refractivity contribution in [2.45, 2.75) is 51.9 Å². The number of nitrogens with zero attached hydrogens (tertiary/aromatic N) is 2. The third-order valence-electron chi connectivity index (χ3n) is 5.72. The standard InChI is InChI=1S/C30H33FN2/c1-3-5-7-8-11-24-15-18-27(19-16-24)29-20-17-25(21-30(29)31)22-32-33-23-28-14-10-9-13-26(28)12-6-4-2/h4,9-10,13-23H,2-3,5-8,11-12H2,1H3. The van der Waals surface area contributed by atoms with Crippen molar-refractivity contribution in [2.75, 3.05) is 0 Å². The molecule has 0 radical (unpaired) electrons. The first-order chi connectivity index (χ1) is 16.2. The Morgan fingerprint density at radius 3 is 2.39 bits per heavy atom. The summed E-state index contributed by atoms with van der Waals surface area (Å²) >= 11 is 0. The minimum absolute atomic E-state index is 0.256. The lowest BCUT2D eigenvalue weighted by Gasteiger charge is -2.07. The van der Waals surface area contributed by atoms with Crippen molar-refractivity contribution in [3.63, 3.8) is 0 Å². The Balaban J connectivity index is 1.62. The van der Waals surface area contributed by atoms with Gasteiger partial charge < -0.3 is 0 Å². The predicted molar refractivity (Wildman–Crippen MR) is 140 cm³/mol. The normalized spacial score (nSPS) is 11.5. The Morgan fingerprint density at radius 2 is 1.64 bits per heavy atom. The Morgan fingerprint density at radius 1 is 0.848 bits per heavy atom. The molecule has 33 heavy (non-hydrogen) atoms. The summed E-state index contributed by atoms with van der Waals surface area (Å²) in [6.07, 6.45) is 13.1. The largest absolute Gasteiger partial charge is 0.206 e. The number of rotatable bonds is 12. The second kappa shape index (κ2) is 13.3. The molecule has 0 aliphatic carbocycles. The van der Waals surface area contributed by atoms with Gasteiger partial charge in [-0.3, -0.25) is 0 Å². The summed E-state index contributed by atoms with van der Waals surface area (Å²) in [5.74, 6) is -0.256. The van der Waals surface area contributed by atoms with Crippen molar-refractivity contribution < 1.29 is 4.39 Å². The van der Waals surface area contributed by atoms with Crippen molar-refractivity contribution in [1.82, 2.24) is 0 Å². The Kier molecular flexibility index (Phi) is 9.78. The van der Waals surface area contributed by atoms with Crippen LogP contribution in [0.2, 0.25) is 0 Å². The summed E-state index contributed by atoms with van der Waals surface area (Å²) in [5, 5.41) is 8.27. The molecule has 0 bridgehead atoms. The van der Waals surface area contributed by atoms with Crippen LogP contribution in [0.4, 0.5) is 4.39 Å². The summed E-state index contributed by atoms with van der Waals surface area (Å²) in [6.45, 7) is 6.00. The highest BCUT2D eigenvalue weighted by Crippen LogP contribution is 2.24. The van der Waals surface area contributed by atoms with E-state index in [1.807, 2.05) is 42.5 Å². The fourth-order valence-corrected chi connectivity index (χ4v) is 3.79. The lowest BCUT2D eigenvalue weighted by atomic mass is 10.00. The summed E-state index contributed by atoms with van der Waals surface area (Å²) in [5.41, 5.74) is 5.72. The van der Waals surface area contributed by atoms with E-state index in [2.05, 4.69) is 41.9 Å². The zero-order chi connectivity index (χ0) is 23.3. The lowest BCUT2D eigenvalue weighted by Crippen LogP contribution is -1.92. The minimum atomic E-state index is -0.256. The van der Waals surface area contributed by atoms with E-state index in [-0.39, 0.29) is 5.82 Å². The molecule has 3 aromatic carbocycles. The van der Waals surface area contributed by atoms with Gasteiger partial charge in [-0.2, -0.15) is 10.2 Å². The number of aryl methyl sites for hydroxylation is 2. The summed E-state index contributed by atoms with van der Waals surface area (Å²) in [4.78, 5) is 0. The second-order valence-electron chi connectivity index (χ2n) is 8.26. The SMILES string of the molecule is C=CCCc1ccccc1C=NN=Cc1ccc(-c2ccc(CCCCCC)cc2)c(F)c1. The highest BCUT2D eigenvalue weighted by molar-refractivity contribution is 5.84. The van der Waals surface area contributed by atoms with Crippen LogP contribution in [0.3, 0.4) is 0 Å². The van der Waals surface area contributed by atoms with E-state index in [0.717, 1.165) is 30.4 Å². The number of halogens is 1. The van der Waals surface area contributed by atoms with Crippen molar-refractivity contribution in [2.24, 2.45) is 10.2 Å². The molecule has 0 saturated carbocycles. The number of benzene rings is 3. The molecule has 2 nitrogen and oxygen atoms in total. The molecule has 0 amide bonds. The predicted octanol–water partition coefficient (Wildman–Crippen LogP) is 8.19. The van der Waals surface area contributed by atoms with Crippen LogP contribution in [-0.2, 0) is 12.8 Å². The molecule has 0 aliphatic rings. The van der Waals surface area contributed by atoms with E-state index in [1.54, 1.807) is 18.5 Å². The summed E-state index contributed by atoms with van der Waals surface area (Å²) in [6, 6.07) is 21.5. The average Bonchev–Trinajstić information content (AvgIpc) is 2.84. The molecule has 0 aliphatic heterocycles. The monoisotopic (exact) mass is 440 g/mol. The van der Waals surface area contributed by atoms with Crippen LogP contribution in [0.1, 0.15) is 61.3 Å². The number of hydrogen-bond donors (Lipinski definition) is 0. The van der Waals surface area contributed by atoms with Crippen LogP contribution in [0.5, 0.6) is 0 Å². The number of unbranched alkanes of at least 4 members (excludes halogenated alkanes) is 3. The molecule has 0 unspecified atom stereocenters. The maximum Gasteiger partial charge on any atom is 0.131 e. The van der Waals surface area contributed by atoms with Crippen molar-refractivity contribution in [3.05, 3.63) is 107 Å². The van der Waals surface area contributed by atoms with Crippen molar-refractivity contribution >= 4 is 12.4 Å². The van der Waals surface area contributed by atoms with Crippen molar-refractivity contribution in [3.8, 4) is 11.1 Å². The first-order valence-electron chi connectivity index (χ1n) is 11.9. The smallest absolute Gasteiger partial charge is 0.131 e. The van der Waals surface area contributed by atoms with Crippen LogP contribution in [0.25, 0.3) is 11.1 Å². The Hall–Kier alpha value is -3.33. The molecule has 0 spiro atoms. The first kappa shape index (κ1) is 24.3. The molecule has 3 aromatic rings. The maximum atomic E-state index is 14.8. The molecule has 0 fully saturated rings. The summed E-state index contributed by atoms with van der Waals surface area (Å²) in [7, 11) is 0. The highest BCUT2D eigenvalue weighted by Gasteiger charge is 2.06. The average molecular weight is 441 g/mol. The van der Waals surface area contributed by atoms with Crippen LogP contribution in [-0.4, -0.2) is 12.4 Å². The molecule has 0 N–H and O–H groups in total. The van der Waals surface area contributed by atoms with Crippen molar-refractivity contribution in [1.29, 1.82) is 0 Å². The molecular weight excluding hydrogens is 407 g/mol. The zero-order valence-corrected chi connectivity index (χ0v) is 19.5. The van der Waals surface area contributed by atoms with Gasteiger partial charge in [-0.1, -0.05) is 92.9 Å². The third kappa shape index (κ3) is 7.64. The fraction of sp³-hybridized carbons (Fsp3) is 0.267. The van der Waals surface area contributed by atoms with Gasteiger partial charge in [0.2, 0.25) is 0 Å². The van der Waals surface area contributed by atoms with Gasteiger partial charge in [0, 0.05) is 5.56 Å². The Bertz CT molecular complexity index is 1080. The molecule has 0 saturated heterocycles. The highest BCUT2D eigenvalue weighted by atomic mass is 19.1. The summed E-state index contributed by atoms with van der Waals surface area (Å²) < 4.78 is 14.8. The van der Waals surface area contributed by atoms with E-state index in [4.69, 9.17) is 0 Å². The van der Waals surface area contributed by atoms with Gasteiger partial charge in [0.1, 0.15) is 5.82 Å². The fourth-order valence-electron chi connectivity index (χ4n) is 3.79. The van der Waals surface area contributed by atoms with Gasteiger partial charge in [-0.15, -0.1) is 6.58 Å². The van der Waals surface area contributed by atoms with Gasteiger partial charge in [-0.25, -0.2) is 4.39 Å². The first-order valence-corrected chi connectivity index (χ1v) is 11.9. The minimum Gasteiger partial charge on any atom is -0.206 e. The van der Waals surface area contributed by atoms with E-state index in [1.165, 1.54) is 42.9 Å². The quantitative estimate of drug-likeness (QED) is 0.117. The number of hydrogen-bond acceptors (Lipinski definition) is 2. The van der Waals surface area contributed by atoms with E-state index in [9.17, 15) is 4.39 Å². The molecule has 170 valence electrons. The number of allylic oxidation sites excluding steroid dienone is 1. The Labute approximate surface area is 197 Å². The molecule has 0 aromatic heterocycles. The van der Waals surface area contributed by atoms with Gasteiger partial charge in [0.25, 0.3) is 0 Å². The van der Waals surface area contributed by atoms with Crippen LogP contribution in [0.15, 0.2) is 89.6 Å². The maximum absolute atomic E-state index is 14.8. The van der Waals surface area contributed by atoms with Gasteiger partial charge in [0.15, 0.2) is 0 Å². The molecule has 0 heterocycles. The van der Waals surface area contributed by atoms with Crippen LogP contribution in [0, 0.1) is 5.82 Å². The molecule has 3 rings (SSSR count). The van der Waals surface area contributed by atoms with Gasteiger partial charge >= 0.3 is 0 Å². The second-order valence-corrected chi connectivity index (χ2v) is 8.26. The molecule has 0 atom stereocenters. The van der Waals surface area contributed by atoms with E-state index >= 15 is 0 Å². The van der Waals surface area contributed by atoms with E-state index in [0.29, 0.717) is 11.1 Å². The van der Waals surface area contributed by atoms with Crippen LogP contribution >= 0.6 is 0 Å². The lowest BCUT2D eigenvalue weighted by molar-refractivity contribution is 0.631. The third-order valence-corrected chi connectivity index (χ3v) is 5.72. The molecule has 3 heteroatoms.